The van der Waals surface area contributed by atoms with Crippen LogP contribution in [0.4, 0.5) is 5.95 Å². The van der Waals surface area contributed by atoms with Gasteiger partial charge in [0.15, 0.2) is 6.61 Å². The van der Waals surface area contributed by atoms with Crippen molar-refractivity contribution in [3.8, 4) is 16.9 Å². The topological polar surface area (TPSA) is 102 Å². The Balaban J connectivity index is 1.54. The maximum atomic E-state index is 12.7. The zero-order valence-corrected chi connectivity index (χ0v) is 18.8. The molecule has 33 heavy (non-hydrogen) atoms. The van der Waals surface area contributed by atoms with E-state index in [-0.39, 0.29) is 18.4 Å². The predicted molar refractivity (Wildman–Crippen MR) is 126 cm³/mol. The Hall–Kier alpha value is -3.94. The molecule has 2 amide bonds. The van der Waals surface area contributed by atoms with E-state index in [1.807, 2.05) is 66.4 Å². The van der Waals surface area contributed by atoms with E-state index in [4.69, 9.17) is 15.5 Å². The molecule has 1 atom stereocenters. The third kappa shape index (κ3) is 5.11. The highest BCUT2D eigenvalue weighted by molar-refractivity contribution is 5.93. The minimum atomic E-state index is -0.469. The first kappa shape index (κ1) is 22.3. The quantitative estimate of drug-likeness (QED) is 0.600. The Morgan fingerprint density at radius 1 is 1.12 bits per heavy atom. The molecule has 0 aliphatic carbocycles. The highest BCUT2D eigenvalue weighted by Crippen LogP contribution is 2.34. The van der Waals surface area contributed by atoms with E-state index in [1.54, 1.807) is 18.3 Å². The lowest BCUT2D eigenvalue weighted by atomic mass is 9.95. The molecule has 8 nitrogen and oxygen atoms in total. The number of nitrogens with two attached hydrogens (primary N) is 1. The van der Waals surface area contributed by atoms with E-state index < -0.39 is 5.91 Å². The predicted octanol–water partition coefficient (Wildman–Crippen LogP) is 2.70. The Kier molecular flexibility index (Phi) is 6.53. The molecule has 4 rings (SSSR count). The van der Waals surface area contributed by atoms with Crippen LogP contribution in [-0.4, -0.2) is 60.5 Å². The number of carbonyl (C=O) groups excluding carboxylic acids is 2. The van der Waals surface area contributed by atoms with Gasteiger partial charge in [-0.25, -0.2) is 9.97 Å². The molecule has 1 aliphatic rings. The fourth-order valence-corrected chi connectivity index (χ4v) is 3.91. The standard InChI is InChI=1S/C25H27N5O3/c1-29(2)25-27-14-21(17-8-10-18(11-9-17)24(26)32)23(28-25)19-12-13-30(15-19)22(31)16-33-20-6-4-3-5-7-20/h3-11,14,19H,12-13,15-16H2,1-2H3,(H2,26,32)/t19-/m1/s1. The van der Waals surface area contributed by atoms with Gasteiger partial charge in [-0.2, -0.15) is 0 Å². The van der Waals surface area contributed by atoms with Crippen molar-refractivity contribution >= 4 is 17.8 Å². The highest BCUT2D eigenvalue weighted by atomic mass is 16.5. The van der Waals surface area contributed by atoms with E-state index in [0.29, 0.717) is 30.4 Å². The lowest BCUT2D eigenvalue weighted by molar-refractivity contribution is -0.132. The van der Waals surface area contributed by atoms with Gasteiger partial charge in [-0.3, -0.25) is 9.59 Å². The van der Waals surface area contributed by atoms with E-state index in [2.05, 4.69) is 4.98 Å². The molecular formula is C25H27N5O3. The van der Waals surface area contributed by atoms with E-state index >= 15 is 0 Å². The second-order valence-corrected chi connectivity index (χ2v) is 8.23. The van der Waals surface area contributed by atoms with Gasteiger partial charge in [0.25, 0.3) is 5.91 Å². The van der Waals surface area contributed by atoms with E-state index in [9.17, 15) is 9.59 Å². The number of hydrogen-bond donors (Lipinski definition) is 1. The number of anilines is 1. The van der Waals surface area contributed by atoms with Gasteiger partial charge < -0.3 is 20.3 Å². The average molecular weight is 446 g/mol. The number of amides is 2. The monoisotopic (exact) mass is 445 g/mol. The molecule has 170 valence electrons. The minimum Gasteiger partial charge on any atom is -0.484 e. The van der Waals surface area contributed by atoms with Gasteiger partial charge in [0.05, 0.1) is 5.69 Å². The van der Waals surface area contributed by atoms with E-state index in [0.717, 1.165) is 23.2 Å². The summed E-state index contributed by atoms with van der Waals surface area (Å²) >= 11 is 0. The number of para-hydroxylation sites is 1. The van der Waals surface area contributed by atoms with Crippen molar-refractivity contribution in [3.05, 3.63) is 72.1 Å². The van der Waals surface area contributed by atoms with Gasteiger partial charge >= 0.3 is 0 Å². The smallest absolute Gasteiger partial charge is 0.260 e. The molecule has 3 aromatic rings. The number of carbonyl (C=O) groups is 2. The van der Waals surface area contributed by atoms with Gasteiger partial charge in [-0.15, -0.1) is 0 Å². The van der Waals surface area contributed by atoms with Gasteiger partial charge in [-0.05, 0) is 36.2 Å². The third-order valence-electron chi connectivity index (χ3n) is 5.72. The zero-order chi connectivity index (χ0) is 23.4. The van der Waals surface area contributed by atoms with Gasteiger partial charge in [0.1, 0.15) is 5.75 Å². The van der Waals surface area contributed by atoms with Crippen LogP contribution in [0, 0.1) is 0 Å². The molecule has 0 radical (unpaired) electrons. The first-order valence-corrected chi connectivity index (χ1v) is 10.8. The molecule has 1 aromatic heterocycles. The van der Waals surface area contributed by atoms with Crippen molar-refractivity contribution in [1.29, 1.82) is 0 Å². The van der Waals surface area contributed by atoms with Crippen LogP contribution in [0.5, 0.6) is 5.75 Å². The number of benzene rings is 2. The van der Waals surface area contributed by atoms with Crippen molar-refractivity contribution in [3.63, 3.8) is 0 Å². The van der Waals surface area contributed by atoms with Crippen molar-refractivity contribution in [1.82, 2.24) is 14.9 Å². The number of nitrogens with zero attached hydrogens (tertiary/aromatic N) is 4. The highest BCUT2D eigenvalue weighted by Gasteiger charge is 2.31. The first-order valence-electron chi connectivity index (χ1n) is 10.8. The van der Waals surface area contributed by atoms with Crippen LogP contribution in [0.3, 0.4) is 0 Å². The van der Waals surface area contributed by atoms with Crippen LogP contribution in [0.2, 0.25) is 0 Å². The largest absolute Gasteiger partial charge is 0.484 e. The molecular weight excluding hydrogens is 418 g/mol. The summed E-state index contributed by atoms with van der Waals surface area (Å²) in [4.78, 5) is 37.2. The van der Waals surface area contributed by atoms with Crippen LogP contribution >= 0.6 is 0 Å². The summed E-state index contributed by atoms with van der Waals surface area (Å²) in [7, 11) is 3.79. The number of ether oxygens (including phenoxy) is 1. The second kappa shape index (κ2) is 9.68. The van der Waals surface area contributed by atoms with Crippen LogP contribution in [0.25, 0.3) is 11.1 Å². The fraction of sp³-hybridized carbons (Fsp3) is 0.280. The van der Waals surface area contributed by atoms with E-state index in [1.165, 1.54) is 0 Å². The SMILES string of the molecule is CN(C)c1ncc(-c2ccc(C(N)=O)cc2)c([C@@H]2CCN(C(=O)COc3ccccc3)C2)n1. The molecule has 2 N–H and O–H groups in total. The molecule has 1 fully saturated rings. The summed E-state index contributed by atoms with van der Waals surface area (Å²) < 4.78 is 5.63. The molecule has 8 heteroatoms. The lowest BCUT2D eigenvalue weighted by Crippen LogP contribution is -2.33. The number of aromatic nitrogens is 2. The molecule has 2 aromatic carbocycles. The molecule has 0 unspecified atom stereocenters. The summed E-state index contributed by atoms with van der Waals surface area (Å²) in [6.07, 6.45) is 2.60. The maximum absolute atomic E-state index is 12.7. The number of rotatable bonds is 7. The molecule has 2 heterocycles. The van der Waals surface area contributed by atoms with Crippen molar-refractivity contribution < 1.29 is 14.3 Å². The Morgan fingerprint density at radius 3 is 2.52 bits per heavy atom. The van der Waals surface area contributed by atoms with Gasteiger partial charge in [0, 0.05) is 50.4 Å². The summed E-state index contributed by atoms with van der Waals surface area (Å²) in [6, 6.07) is 16.4. The first-order chi connectivity index (χ1) is 15.9. The third-order valence-corrected chi connectivity index (χ3v) is 5.72. The van der Waals surface area contributed by atoms with Crippen molar-refractivity contribution in [2.24, 2.45) is 5.73 Å². The van der Waals surface area contributed by atoms with Crippen LogP contribution in [0.1, 0.15) is 28.4 Å². The lowest BCUT2D eigenvalue weighted by Gasteiger charge is -2.20. The fourth-order valence-electron chi connectivity index (χ4n) is 3.91. The van der Waals surface area contributed by atoms with Crippen molar-refractivity contribution in [2.45, 2.75) is 12.3 Å². The maximum Gasteiger partial charge on any atom is 0.260 e. The number of likely N-dealkylation sites (tertiary alicyclic amines) is 1. The molecule has 0 spiro atoms. The molecule has 1 aliphatic heterocycles. The molecule has 0 saturated carbocycles. The molecule has 1 saturated heterocycles. The van der Waals surface area contributed by atoms with Crippen LogP contribution in [-0.2, 0) is 4.79 Å². The average Bonchev–Trinajstić information content (AvgIpc) is 3.33. The Bertz CT molecular complexity index is 1130. The summed E-state index contributed by atoms with van der Waals surface area (Å²) in [5.41, 5.74) is 8.49. The van der Waals surface area contributed by atoms with Crippen LogP contribution in [0.15, 0.2) is 60.8 Å². The van der Waals surface area contributed by atoms with Gasteiger partial charge in [0.2, 0.25) is 11.9 Å². The molecule has 0 bridgehead atoms. The summed E-state index contributed by atoms with van der Waals surface area (Å²) in [6.45, 7) is 1.21. The van der Waals surface area contributed by atoms with Gasteiger partial charge in [-0.1, -0.05) is 30.3 Å². The number of primary amides is 1. The zero-order valence-electron chi connectivity index (χ0n) is 18.8. The Labute approximate surface area is 193 Å². The number of hydrogen-bond acceptors (Lipinski definition) is 6. The minimum absolute atomic E-state index is 0.00485. The second-order valence-electron chi connectivity index (χ2n) is 8.23. The van der Waals surface area contributed by atoms with Crippen molar-refractivity contribution in [2.75, 3.05) is 38.7 Å². The normalized spacial score (nSPS) is 15.3. The van der Waals surface area contributed by atoms with Crippen LogP contribution < -0.4 is 15.4 Å². The summed E-state index contributed by atoms with van der Waals surface area (Å²) in [5, 5.41) is 0. The summed E-state index contributed by atoms with van der Waals surface area (Å²) in [5.74, 6) is 0.840. The Morgan fingerprint density at radius 2 is 1.85 bits per heavy atom.